The Labute approximate surface area is 104 Å². The zero-order valence-corrected chi connectivity index (χ0v) is 10.4. The molecule has 2 rings (SSSR count). The van der Waals surface area contributed by atoms with Crippen molar-refractivity contribution >= 4 is 11.6 Å². The molecule has 0 aliphatic carbocycles. The predicted molar refractivity (Wildman–Crippen MR) is 66.4 cm³/mol. The van der Waals surface area contributed by atoms with Crippen LogP contribution in [0.2, 0.25) is 5.02 Å². The molecule has 0 bridgehead atoms. The first kappa shape index (κ1) is 12.1. The molecule has 1 N–H and O–H groups in total. The van der Waals surface area contributed by atoms with Crippen LogP contribution in [-0.4, -0.2) is 16.6 Å². The van der Waals surface area contributed by atoms with Crippen molar-refractivity contribution < 1.29 is 4.39 Å². The van der Waals surface area contributed by atoms with E-state index >= 15 is 0 Å². The monoisotopic (exact) mass is 253 g/mol. The van der Waals surface area contributed by atoms with Gasteiger partial charge in [0.25, 0.3) is 0 Å². The van der Waals surface area contributed by atoms with E-state index in [1.165, 1.54) is 6.07 Å². The number of nitrogens with one attached hydrogen (secondary N) is 1. The van der Waals surface area contributed by atoms with E-state index in [-0.39, 0.29) is 5.02 Å². The van der Waals surface area contributed by atoms with Gasteiger partial charge in [0, 0.05) is 19.2 Å². The predicted octanol–water partition coefficient (Wildman–Crippen LogP) is 2.60. The lowest BCUT2D eigenvalue weighted by Crippen LogP contribution is -2.07. The van der Waals surface area contributed by atoms with Crippen molar-refractivity contribution in [1.29, 1.82) is 0 Å². The van der Waals surface area contributed by atoms with Gasteiger partial charge in [0.2, 0.25) is 0 Å². The summed E-state index contributed by atoms with van der Waals surface area (Å²) >= 11 is 5.79. The minimum absolute atomic E-state index is 0.124. The van der Waals surface area contributed by atoms with Crippen molar-refractivity contribution in [1.82, 2.24) is 14.9 Å². The fourth-order valence-electron chi connectivity index (χ4n) is 1.79. The summed E-state index contributed by atoms with van der Waals surface area (Å²) in [5.41, 5.74) is 2.72. The first-order chi connectivity index (χ1) is 8.13. The van der Waals surface area contributed by atoms with E-state index in [0.717, 1.165) is 17.0 Å². The van der Waals surface area contributed by atoms with Crippen molar-refractivity contribution in [3.63, 3.8) is 0 Å². The molecule has 3 nitrogen and oxygen atoms in total. The van der Waals surface area contributed by atoms with Crippen LogP contribution in [0.4, 0.5) is 4.39 Å². The first-order valence-corrected chi connectivity index (χ1v) is 5.61. The van der Waals surface area contributed by atoms with Crippen LogP contribution in [-0.2, 0) is 13.6 Å². The van der Waals surface area contributed by atoms with E-state index in [1.54, 1.807) is 18.5 Å². The Kier molecular flexibility index (Phi) is 3.45. The molecule has 0 aliphatic rings. The molecule has 0 saturated heterocycles. The van der Waals surface area contributed by atoms with Crippen molar-refractivity contribution in [2.24, 2.45) is 7.05 Å². The molecule has 0 unspecified atom stereocenters. The van der Waals surface area contributed by atoms with E-state index in [2.05, 4.69) is 10.3 Å². The highest BCUT2D eigenvalue weighted by Gasteiger charge is 2.12. The highest BCUT2D eigenvalue weighted by molar-refractivity contribution is 6.31. The van der Waals surface area contributed by atoms with E-state index < -0.39 is 5.82 Å². The number of nitrogens with zero attached hydrogens (tertiary/aromatic N) is 2. The van der Waals surface area contributed by atoms with E-state index in [1.807, 2.05) is 18.7 Å². The van der Waals surface area contributed by atoms with E-state index in [9.17, 15) is 4.39 Å². The second kappa shape index (κ2) is 4.85. The standard InChI is InChI=1S/C12H13ClFN3/c1-15-6-11-12(17(2)7-16-11)8-3-4-10(14)9(13)5-8/h3-5,7,15H,6H2,1-2H3. The summed E-state index contributed by atoms with van der Waals surface area (Å²) in [5.74, 6) is -0.409. The molecule has 1 aromatic heterocycles. The number of aromatic nitrogens is 2. The summed E-state index contributed by atoms with van der Waals surface area (Å²) in [6.45, 7) is 0.658. The zero-order valence-electron chi connectivity index (χ0n) is 9.67. The first-order valence-electron chi connectivity index (χ1n) is 5.23. The van der Waals surface area contributed by atoms with Gasteiger partial charge in [0.15, 0.2) is 0 Å². The lowest BCUT2D eigenvalue weighted by molar-refractivity contribution is 0.628. The Morgan fingerprint density at radius 2 is 2.24 bits per heavy atom. The average Bonchev–Trinajstić information content (AvgIpc) is 2.65. The van der Waals surface area contributed by atoms with Crippen LogP contribution in [0.5, 0.6) is 0 Å². The number of hydrogen-bond acceptors (Lipinski definition) is 2. The minimum Gasteiger partial charge on any atom is -0.333 e. The van der Waals surface area contributed by atoms with E-state index in [4.69, 9.17) is 11.6 Å². The van der Waals surface area contributed by atoms with Crippen LogP contribution >= 0.6 is 11.6 Å². The number of aryl methyl sites for hydroxylation is 1. The molecule has 1 aromatic carbocycles. The third kappa shape index (κ3) is 2.33. The molecule has 90 valence electrons. The summed E-state index contributed by atoms with van der Waals surface area (Å²) in [5, 5.41) is 3.17. The van der Waals surface area contributed by atoms with Gasteiger partial charge in [0.05, 0.1) is 22.7 Å². The second-order valence-electron chi connectivity index (χ2n) is 3.81. The lowest BCUT2D eigenvalue weighted by Gasteiger charge is -2.07. The Morgan fingerprint density at radius 1 is 1.47 bits per heavy atom. The van der Waals surface area contributed by atoms with Gasteiger partial charge in [-0.25, -0.2) is 9.37 Å². The molecule has 17 heavy (non-hydrogen) atoms. The third-order valence-electron chi connectivity index (χ3n) is 2.55. The maximum Gasteiger partial charge on any atom is 0.141 e. The summed E-state index contributed by atoms with van der Waals surface area (Å²) in [7, 11) is 3.76. The van der Waals surface area contributed by atoms with Crippen LogP contribution in [0.1, 0.15) is 5.69 Å². The molecule has 0 spiro atoms. The van der Waals surface area contributed by atoms with Gasteiger partial charge in [-0.05, 0) is 25.2 Å². The van der Waals surface area contributed by atoms with Gasteiger partial charge in [0.1, 0.15) is 5.82 Å². The maximum absolute atomic E-state index is 13.1. The van der Waals surface area contributed by atoms with Crippen molar-refractivity contribution in [2.75, 3.05) is 7.05 Å². The second-order valence-corrected chi connectivity index (χ2v) is 4.22. The fraction of sp³-hybridized carbons (Fsp3) is 0.250. The normalized spacial score (nSPS) is 10.8. The molecule has 0 amide bonds. The Bertz CT molecular complexity index is 537. The Morgan fingerprint density at radius 3 is 2.88 bits per heavy atom. The maximum atomic E-state index is 13.1. The molecule has 0 atom stereocenters. The number of halogens is 2. The van der Waals surface area contributed by atoms with Gasteiger partial charge in [-0.3, -0.25) is 0 Å². The molecule has 1 heterocycles. The van der Waals surface area contributed by atoms with Gasteiger partial charge in [-0.2, -0.15) is 0 Å². The van der Waals surface area contributed by atoms with Gasteiger partial charge < -0.3 is 9.88 Å². The van der Waals surface area contributed by atoms with Crippen LogP contribution in [0.3, 0.4) is 0 Å². The van der Waals surface area contributed by atoms with Gasteiger partial charge in [-0.1, -0.05) is 11.6 Å². The van der Waals surface area contributed by atoms with Crippen LogP contribution in [0, 0.1) is 5.82 Å². The minimum atomic E-state index is -0.409. The third-order valence-corrected chi connectivity index (χ3v) is 2.84. The quantitative estimate of drug-likeness (QED) is 0.911. The smallest absolute Gasteiger partial charge is 0.141 e. The molecule has 5 heteroatoms. The van der Waals surface area contributed by atoms with Gasteiger partial charge in [-0.15, -0.1) is 0 Å². The summed E-state index contributed by atoms with van der Waals surface area (Å²) in [4.78, 5) is 4.30. The number of benzene rings is 1. The number of hydrogen-bond donors (Lipinski definition) is 1. The molecular formula is C12H13ClFN3. The topological polar surface area (TPSA) is 29.9 Å². The molecule has 0 aliphatic heterocycles. The summed E-state index contributed by atoms with van der Waals surface area (Å²) < 4.78 is 15.0. The average molecular weight is 254 g/mol. The van der Waals surface area contributed by atoms with Crippen molar-refractivity contribution in [3.05, 3.63) is 41.1 Å². The summed E-state index contributed by atoms with van der Waals surface area (Å²) in [6, 6.07) is 4.69. The van der Waals surface area contributed by atoms with Crippen LogP contribution in [0.25, 0.3) is 11.3 Å². The molecule has 0 saturated carbocycles. The SMILES string of the molecule is CNCc1ncn(C)c1-c1ccc(F)c(Cl)c1. The van der Waals surface area contributed by atoms with Crippen molar-refractivity contribution in [2.45, 2.75) is 6.54 Å². The van der Waals surface area contributed by atoms with Crippen LogP contribution < -0.4 is 5.32 Å². The van der Waals surface area contributed by atoms with Crippen molar-refractivity contribution in [3.8, 4) is 11.3 Å². The number of imidazole rings is 1. The largest absolute Gasteiger partial charge is 0.333 e. The fourth-order valence-corrected chi connectivity index (χ4v) is 1.97. The molecule has 0 fully saturated rings. The molecule has 2 aromatic rings. The Hall–Kier alpha value is -1.39. The summed E-state index contributed by atoms with van der Waals surface area (Å²) in [6.07, 6.45) is 1.74. The lowest BCUT2D eigenvalue weighted by atomic mass is 10.1. The van der Waals surface area contributed by atoms with Gasteiger partial charge >= 0.3 is 0 Å². The highest BCUT2D eigenvalue weighted by atomic mass is 35.5. The van der Waals surface area contributed by atoms with E-state index in [0.29, 0.717) is 6.54 Å². The Balaban J connectivity index is 2.51. The number of rotatable bonds is 3. The molecular weight excluding hydrogens is 241 g/mol. The highest BCUT2D eigenvalue weighted by Crippen LogP contribution is 2.26. The van der Waals surface area contributed by atoms with Crippen LogP contribution in [0.15, 0.2) is 24.5 Å². The zero-order chi connectivity index (χ0) is 12.4. The molecule has 0 radical (unpaired) electrons.